The molecule has 0 atom stereocenters. The van der Waals surface area contributed by atoms with Gasteiger partial charge in [0.25, 0.3) is 5.91 Å². The van der Waals surface area contributed by atoms with Crippen molar-refractivity contribution in [3.05, 3.63) is 76.9 Å². The first-order valence-electron chi connectivity index (χ1n) is 10.9. The minimum atomic E-state index is -0.410. The van der Waals surface area contributed by atoms with Crippen molar-refractivity contribution in [1.82, 2.24) is 25.0 Å². The van der Waals surface area contributed by atoms with Crippen LogP contribution in [0.3, 0.4) is 0 Å². The Labute approximate surface area is 207 Å². The van der Waals surface area contributed by atoms with E-state index in [4.69, 9.17) is 9.47 Å². The van der Waals surface area contributed by atoms with Gasteiger partial charge in [0.1, 0.15) is 11.5 Å². The average molecular weight is 491 g/mol. The molecule has 0 spiro atoms. The van der Waals surface area contributed by atoms with Gasteiger partial charge in [0.05, 0.1) is 31.3 Å². The number of methoxy groups -OCH3 is 2. The van der Waals surface area contributed by atoms with E-state index in [0.29, 0.717) is 33.8 Å². The lowest BCUT2D eigenvalue weighted by atomic mass is 10.2. The molecule has 0 radical (unpaired) electrons. The van der Waals surface area contributed by atoms with Gasteiger partial charge in [-0.2, -0.15) is 0 Å². The normalized spacial score (nSPS) is 10.8. The summed E-state index contributed by atoms with van der Waals surface area (Å²) in [6.07, 6.45) is 0. The largest absolute Gasteiger partial charge is 0.497 e. The molecule has 0 saturated heterocycles. The number of carbonyl (C=O) groups is 1. The van der Waals surface area contributed by atoms with Crippen molar-refractivity contribution in [3.63, 3.8) is 0 Å². The van der Waals surface area contributed by atoms with Crippen molar-refractivity contribution in [2.24, 2.45) is 0 Å². The molecule has 1 amide bonds. The maximum atomic E-state index is 13.4. The second-order valence-electron chi connectivity index (χ2n) is 7.87. The van der Waals surface area contributed by atoms with Gasteiger partial charge in [-0.3, -0.25) is 4.79 Å². The lowest BCUT2D eigenvalue weighted by Crippen LogP contribution is -2.16. The van der Waals surface area contributed by atoms with Gasteiger partial charge in [-0.05, 0) is 51.1 Å². The molecule has 10 heteroatoms. The van der Waals surface area contributed by atoms with Crippen LogP contribution in [0, 0.1) is 20.8 Å². The third-order valence-electron chi connectivity index (χ3n) is 5.21. The lowest BCUT2D eigenvalue weighted by Gasteiger charge is -2.12. The van der Waals surface area contributed by atoms with Gasteiger partial charge in [-0.15, -0.1) is 5.10 Å². The van der Waals surface area contributed by atoms with E-state index >= 15 is 0 Å². The predicted octanol–water partition coefficient (Wildman–Crippen LogP) is 4.54. The fourth-order valence-corrected chi connectivity index (χ4v) is 4.43. The average Bonchev–Trinajstić information content (AvgIpc) is 3.26. The van der Waals surface area contributed by atoms with Crippen LogP contribution in [0.5, 0.6) is 11.5 Å². The van der Waals surface area contributed by atoms with E-state index < -0.39 is 5.91 Å². The van der Waals surface area contributed by atoms with E-state index in [9.17, 15) is 4.79 Å². The summed E-state index contributed by atoms with van der Waals surface area (Å²) < 4.78 is 12.4. The van der Waals surface area contributed by atoms with Crippen LogP contribution in [0.25, 0.3) is 5.69 Å². The monoisotopic (exact) mass is 490 g/mol. The number of hydrogen-bond acceptors (Lipinski definition) is 8. The van der Waals surface area contributed by atoms with Gasteiger partial charge in [0.15, 0.2) is 10.9 Å². The molecular weight excluding hydrogens is 464 g/mol. The number of ether oxygens (including phenoxy) is 2. The van der Waals surface area contributed by atoms with Crippen LogP contribution in [0.4, 0.5) is 5.69 Å². The number of carbonyl (C=O) groups excluding carboxylic acids is 1. The van der Waals surface area contributed by atoms with E-state index in [1.807, 2.05) is 51.1 Å². The summed E-state index contributed by atoms with van der Waals surface area (Å²) in [6.45, 7) is 5.87. The molecule has 2 aromatic carbocycles. The van der Waals surface area contributed by atoms with Crippen molar-refractivity contribution < 1.29 is 14.3 Å². The smallest absolute Gasteiger partial charge is 0.278 e. The number of amides is 1. The first kappa shape index (κ1) is 24.2. The molecule has 4 aromatic rings. The summed E-state index contributed by atoms with van der Waals surface area (Å²) in [6, 6.07) is 15.0. The molecule has 35 heavy (non-hydrogen) atoms. The van der Waals surface area contributed by atoms with Crippen molar-refractivity contribution >= 4 is 23.4 Å². The van der Waals surface area contributed by atoms with Crippen molar-refractivity contribution in [2.75, 3.05) is 19.5 Å². The summed E-state index contributed by atoms with van der Waals surface area (Å²) in [5, 5.41) is 12.0. The van der Waals surface area contributed by atoms with Gasteiger partial charge in [-0.1, -0.05) is 34.7 Å². The third-order valence-corrected chi connectivity index (χ3v) is 6.07. The van der Waals surface area contributed by atoms with Gasteiger partial charge < -0.3 is 14.8 Å². The van der Waals surface area contributed by atoms with Crippen LogP contribution < -0.4 is 14.8 Å². The minimum absolute atomic E-state index is 0.201. The minimum Gasteiger partial charge on any atom is -0.497 e. The third kappa shape index (κ3) is 5.60. The maximum absolute atomic E-state index is 13.4. The van der Waals surface area contributed by atoms with Gasteiger partial charge in [0, 0.05) is 23.2 Å². The zero-order valence-electron chi connectivity index (χ0n) is 20.2. The number of aryl methyl sites for hydroxylation is 3. The molecule has 0 aliphatic carbocycles. The van der Waals surface area contributed by atoms with Crippen LogP contribution in [0.15, 0.2) is 53.7 Å². The number of thioether (sulfide) groups is 1. The Morgan fingerprint density at radius 3 is 2.34 bits per heavy atom. The van der Waals surface area contributed by atoms with Crippen LogP contribution in [0.1, 0.15) is 33.1 Å². The highest BCUT2D eigenvalue weighted by Crippen LogP contribution is 2.30. The zero-order valence-corrected chi connectivity index (χ0v) is 21.0. The quantitative estimate of drug-likeness (QED) is 0.283. The summed E-state index contributed by atoms with van der Waals surface area (Å²) >= 11 is 1.42. The summed E-state index contributed by atoms with van der Waals surface area (Å²) in [5.74, 6) is 1.07. The zero-order chi connectivity index (χ0) is 24.9. The Kier molecular flexibility index (Phi) is 7.31. The van der Waals surface area contributed by atoms with Crippen LogP contribution in [-0.4, -0.2) is 45.1 Å². The number of rotatable bonds is 8. The molecule has 2 heterocycles. The fraction of sp³-hybridized carbons (Fsp3) is 0.240. The highest BCUT2D eigenvalue weighted by atomic mass is 32.2. The van der Waals surface area contributed by atoms with Crippen LogP contribution in [0.2, 0.25) is 0 Å². The second-order valence-corrected chi connectivity index (χ2v) is 8.82. The Balaban J connectivity index is 1.69. The first-order valence-corrected chi connectivity index (χ1v) is 11.9. The number of nitrogens with one attached hydrogen (secondary N) is 1. The molecule has 2 aromatic heterocycles. The standard InChI is InChI=1S/C25H26N6O3S/c1-15-6-8-18(9-7-15)31-21(14-35-25-26-16(2)12-17(3)27-25)23(29-30-31)24(32)28-20-13-19(33-4)10-11-22(20)34-5/h6-13H,14H2,1-5H3,(H,28,32). The molecule has 0 fully saturated rings. The summed E-state index contributed by atoms with van der Waals surface area (Å²) in [5.41, 5.74) is 4.99. The maximum Gasteiger partial charge on any atom is 0.278 e. The van der Waals surface area contributed by atoms with Crippen molar-refractivity contribution in [3.8, 4) is 17.2 Å². The number of anilines is 1. The van der Waals surface area contributed by atoms with Crippen LogP contribution in [-0.2, 0) is 5.75 Å². The Morgan fingerprint density at radius 2 is 1.69 bits per heavy atom. The predicted molar refractivity (Wildman–Crippen MR) is 135 cm³/mol. The molecule has 1 N–H and O–H groups in total. The van der Waals surface area contributed by atoms with E-state index in [-0.39, 0.29) is 5.69 Å². The van der Waals surface area contributed by atoms with E-state index in [1.165, 1.54) is 18.9 Å². The molecule has 0 unspecified atom stereocenters. The SMILES string of the molecule is COc1ccc(OC)c(NC(=O)c2nnn(-c3ccc(C)cc3)c2CSc2nc(C)cc(C)n2)c1. The molecule has 180 valence electrons. The van der Waals surface area contributed by atoms with E-state index in [0.717, 1.165) is 22.6 Å². The van der Waals surface area contributed by atoms with Crippen LogP contribution >= 0.6 is 11.8 Å². The molecule has 9 nitrogen and oxygen atoms in total. The van der Waals surface area contributed by atoms with Gasteiger partial charge in [0.2, 0.25) is 0 Å². The Morgan fingerprint density at radius 1 is 0.971 bits per heavy atom. The number of nitrogens with zero attached hydrogens (tertiary/aromatic N) is 5. The summed E-state index contributed by atoms with van der Waals surface area (Å²) in [7, 11) is 3.10. The molecule has 0 bridgehead atoms. The highest BCUT2D eigenvalue weighted by molar-refractivity contribution is 7.98. The first-order chi connectivity index (χ1) is 16.9. The van der Waals surface area contributed by atoms with Gasteiger partial charge in [-0.25, -0.2) is 14.6 Å². The molecule has 4 rings (SSSR count). The van der Waals surface area contributed by atoms with Gasteiger partial charge >= 0.3 is 0 Å². The second kappa shape index (κ2) is 10.6. The topological polar surface area (TPSA) is 104 Å². The Hall–Kier alpha value is -3.92. The Bertz CT molecular complexity index is 1330. The molecular formula is C25H26N6O3S. The van der Waals surface area contributed by atoms with E-state index in [2.05, 4.69) is 25.6 Å². The fourth-order valence-electron chi connectivity index (χ4n) is 3.49. The number of aromatic nitrogens is 5. The number of benzene rings is 2. The van der Waals surface area contributed by atoms with E-state index in [1.54, 1.807) is 30.0 Å². The highest BCUT2D eigenvalue weighted by Gasteiger charge is 2.23. The number of hydrogen-bond donors (Lipinski definition) is 1. The van der Waals surface area contributed by atoms with Crippen molar-refractivity contribution in [1.29, 1.82) is 0 Å². The lowest BCUT2D eigenvalue weighted by molar-refractivity contribution is 0.102. The molecule has 0 saturated carbocycles. The summed E-state index contributed by atoms with van der Waals surface area (Å²) in [4.78, 5) is 22.4. The molecule has 0 aliphatic heterocycles. The molecule has 0 aliphatic rings. The van der Waals surface area contributed by atoms with Crippen molar-refractivity contribution in [2.45, 2.75) is 31.7 Å².